The molecular weight excluding hydrogens is 412 g/mol. The normalized spacial score (nSPS) is 13.6. The highest BCUT2D eigenvalue weighted by Crippen LogP contribution is 2.20. The fraction of sp³-hybridized carbons (Fsp3) is 0.286. The minimum atomic E-state index is 0.0215. The molecule has 3 aromatic carbocycles. The van der Waals surface area contributed by atoms with Gasteiger partial charge in [-0.25, -0.2) is 0 Å². The number of aryl methyl sites for hydroxylation is 1. The number of nitrogens with zero attached hydrogens (tertiary/aromatic N) is 2. The predicted octanol–water partition coefficient (Wildman–Crippen LogP) is 4.81. The Kier molecular flexibility index (Phi) is 7.40. The molecule has 1 aliphatic rings. The van der Waals surface area contributed by atoms with Gasteiger partial charge in [0.15, 0.2) is 0 Å². The van der Waals surface area contributed by atoms with E-state index in [1.807, 2.05) is 83.5 Å². The van der Waals surface area contributed by atoms with Crippen LogP contribution >= 0.6 is 0 Å². The molecule has 0 radical (unpaired) electrons. The first-order chi connectivity index (χ1) is 16.1. The van der Waals surface area contributed by atoms with Gasteiger partial charge in [-0.3, -0.25) is 9.59 Å². The fourth-order valence-electron chi connectivity index (χ4n) is 3.98. The summed E-state index contributed by atoms with van der Waals surface area (Å²) in [5.74, 6) is 0.979. The SMILES string of the molecule is Cc1ccc(OCCCC(=O)N2CCN(C(=O)c3ccc(-c4ccccc4)cc3)CC2)cc1. The molecule has 0 N–H and O–H groups in total. The number of amides is 2. The first kappa shape index (κ1) is 22.6. The second-order valence-electron chi connectivity index (χ2n) is 8.38. The maximum atomic E-state index is 12.9. The summed E-state index contributed by atoms with van der Waals surface area (Å²) in [6.45, 7) is 4.83. The second-order valence-corrected chi connectivity index (χ2v) is 8.38. The van der Waals surface area contributed by atoms with Crippen molar-refractivity contribution in [1.29, 1.82) is 0 Å². The van der Waals surface area contributed by atoms with Crippen molar-refractivity contribution in [2.75, 3.05) is 32.8 Å². The van der Waals surface area contributed by atoms with Crippen LogP contribution in [0.4, 0.5) is 0 Å². The minimum absolute atomic E-state index is 0.0215. The lowest BCUT2D eigenvalue weighted by Crippen LogP contribution is -2.50. The molecule has 1 aliphatic heterocycles. The van der Waals surface area contributed by atoms with Gasteiger partial charge in [0.25, 0.3) is 5.91 Å². The number of carbonyl (C=O) groups is 2. The van der Waals surface area contributed by atoms with Crippen molar-refractivity contribution < 1.29 is 14.3 Å². The average molecular weight is 443 g/mol. The first-order valence-electron chi connectivity index (χ1n) is 11.5. The molecule has 33 heavy (non-hydrogen) atoms. The third-order valence-electron chi connectivity index (χ3n) is 5.98. The van der Waals surface area contributed by atoms with Crippen LogP contribution < -0.4 is 4.74 Å². The Morgan fingerprint density at radius 3 is 2.03 bits per heavy atom. The highest BCUT2D eigenvalue weighted by Gasteiger charge is 2.24. The van der Waals surface area contributed by atoms with E-state index < -0.39 is 0 Å². The summed E-state index contributed by atoms with van der Waals surface area (Å²) in [4.78, 5) is 29.1. The molecule has 3 aromatic rings. The lowest BCUT2D eigenvalue weighted by atomic mass is 10.0. The minimum Gasteiger partial charge on any atom is -0.494 e. The van der Waals surface area contributed by atoms with Crippen LogP contribution in [0.3, 0.4) is 0 Å². The molecule has 1 saturated heterocycles. The first-order valence-corrected chi connectivity index (χ1v) is 11.5. The van der Waals surface area contributed by atoms with E-state index >= 15 is 0 Å². The summed E-state index contributed by atoms with van der Waals surface area (Å²) in [6.07, 6.45) is 1.14. The van der Waals surface area contributed by atoms with E-state index in [0.29, 0.717) is 51.2 Å². The Labute approximate surface area is 195 Å². The zero-order chi connectivity index (χ0) is 23.0. The molecule has 0 bridgehead atoms. The molecule has 0 saturated carbocycles. The van der Waals surface area contributed by atoms with Crippen LogP contribution in [0.25, 0.3) is 11.1 Å². The summed E-state index contributed by atoms with van der Waals surface area (Å²) in [5.41, 5.74) is 4.10. The molecule has 170 valence electrons. The van der Waals surface area contributed by atoms with Crippen LogP contribution in [0.1, 0.15) is 28.8 Å². The van der Waals surface area contributed by atoms with E-state index in [0.717, 1.165) is 16.9 Å². The maximum Gasteiger partial charge on any atom is 0.253 e. The number of ether oxygens (including phenoxy) is 1. The van der Waals surface area contributed by atoms with Gasteiger partial charge in [-0.15, -0.1) is 0 Å². The lowest BCUT2D eigenvalue weighted by Gasteiger charge is -2.35. The van der Waals surface area contributed by atoms with Gasteiger partial charge >= 0.3 is 0 Å². The Hall–Kier alpha value is -3.60. The van der Waals surface area contributed by atoms with Gasteiger partial charge in [-0.05, 0) is 48.7 Å². The van der Waals surface area contributed by atoms with Crippen molar-refractivity contribution in [2.24, 2.45) is 0 Å². The molecule has 1 heterocycles. The third-order valence-corrected chi connectivity index (χ3v) is 5.98. The molecule has 0 aromatic heterocycles. The number of piperazine rings is 1. The van der Waals surface area contributed by atoms with E-state index in [4.69, 9.17) is 4.74 Å². The predicted molar refractivity (Wildman–Crippen MR) is 130 cm³/mol. The van der Waals surface area contributed by atoms with E-state index in [2.05, 4.69) is 12.1 Å². The Balaban J connectivity index is 1.20. The average Bonchev–Trinajstić information content (AvgIpc) is 2.88. The number of rotatable bonds is 7. The highest BCUT2D eigenvalue weighted by molar-refractivity contribution is 5.95. The van der Waals surface area contributed by atoms with Gasteiger partial charge < -0.3 is 14.5 Å². The Morgan fingerprint density at radius 1 is 0.758 bits per heavy atom. The van der Waals surface area contributed by atoms with E-state index in [1.54, 1.807) is 0 Å². The van der Waals surface area contributed by atoms with Crippen LogP contribution in [-0.2, 0) is 4.79 Å². The monoisotopic (exact) mass is 442 g/mol. The van der Waals surface area contributed by atoms with Crippen LogP contribution in [0.15, 0.2) is 78.9 Å². The Bertz CT molecular complexity index is 1050. The standard InChI is InChI=1S/C28H30N2O3/c1-22-9-15-26(16-10-22)33-21-5-8-27(31)29-17-19-30(20-18-29)28(32)25-13-11-24(12-14-25)23-6-3-2-4-7-23/h2-4,6-7,9-16H,5,8,17-21H2,1H3. The van der Waals surface area contributed by atoms with Crippen LogP contribution in [0.5, 0.6) is 5.75 Å². The van der Waals surface area contributed by atoms with E-state index in [1.165, 1.54) is 5.56 Å². The number of hydrogen-bond acceptors (Lipinski definition) is 3. The molecule has 0 aliphatic carbocycles. The van der Waals surface area contributed by atoms with Crippen molar-refractivity contribution in [3.8, 4) is 16.9 Å². The van der Waals surface area contributed by atoms with Gasteiger partial charge in [0.1, 0.15) is 5.75 Å². The molecule has 1 fully saturated rings. The van der Waals surface area contributed by atoms with Gasteiger partial charge in [0.05, 0.1) is 6.61 Å². The lowest BCUT2D eigenvalue weighted by molar-refractivity contribution is -0.132. The number of benzene rings is 3. The zero-order valence-electron chi connectivity index (χ0n) is 19.1. The van der Waals surface area contributed by atoms with Gasteiger partial charge in [0, 0.05) is 38.2 Å². The van der Waals surface area contributed by atoms with E-state index in [9.17, 15) is 9.59 Å². The van der Waals surface area contributed by atoms with Crippen molar-refractivity contribution in [3.63, 3.8) is 0 Å². The maximum absolute atomic E-state index is 12.9. The Morgan fingerprint density at radius 2 is 1.36 bits per heavy atom. The van der Waals surface area contributed by atoms with Crippen molar-refractivity contribution >= 4 is 11.8 Å². The highest BCUT2D eigenvalue weighted by atomic mass is 16.5. The van der Waals surface area contributed by atoms with Crippen LogP contribution in [0, 0.1) is 6.92 Å². The molecule has 4 rings (SSSR count). The summed E-state index contributed by atoms with van der Waals surface area (Å²) in [5, 5.41) is 0. The molecule has 2 amide bonds. The third kappa shape index (κ3) is 6.01. The van der Waals surface area contributed by atoms with Crippen LogP contribution in [0.2, 0.25) is 0 Å². The largest absolute Gasteiger partial charge is 0.494 e. The summed E-state index contributed by atoms with van der Waals surface area (Å²) in [6, 6.07) is 25.8. The molecule has 0 unspecified atom stereocenters. The van der Waals surface area contributed by atoms with E-state index in [-0.39, 0.29) is 11.8 Å². The smallest absolute Gasteiger partial charge is 0.253 e. The molecule has 0 spiro atoms. The molecular formula is C28H30N2O3. The van der Waals surface area contributed by atoms with Crippen molar-refractivity contribution in [3.05, 3.63) is 90.0 Å². The van der Waals surface area contributed by atoms with Crippen LogP contribution in [-0.4, -0.2) is 54.4 Å². The number of hydrogen-bond donors (Lipinski definition) is 0. The summed E-state index contributed by atoms with van der Waals surface area (Å²) >= 11 is 0. The topological polar surface area (TPSA) is 49.9 Å². The molecule has 5 nitrogen and oxygen atoms in total. The molecule has 0 atom stereocenters. The zero-order valence-corrected chi connectivity index (χ0v) is 19.1. The van der Waals surface area contributed by atoms with Gasteiger partial charge in [-0.2, -0.15) is 0 Å². The quantitative estimate of drug-likeness (QED) is 0.494. The van der Waals surface area contributed by atoms with Crippen molar-refractivity contribution in [1.82, 2.24) is 9.80 Å². The molecule has 5 heteroatoms. The summed E-state index contributed by atoms with van der Waals surface area (Å²) < 4.78 is 5.71. The second kappa shape index (κ2) is 10.8. The number of carbonyl (C=O) groups excluding carboxylic acids is 2. The van der Waals surface area contributed by atoms with Gasteiger partial charge in [0.2, 0.25) is 5.91 Å². The van der Waals surface area contributed by atoms with Crippen molar-refractivity contribution in [2.45, 2.75) is 19.8 Å². The van der Waals surface area contributed by atoms with Gasteiger partial charge in [-0.1, -0.05) is 60.2 Å². The fourth-order valence-corrected chi connectivity index (χ4v) is 3.98. The summed E-state index contributed by atoms with van der Waals surface area (Å²) in [7, 11) is 0.